The topological polar surface area (TPSA) is 83.5 Å². The van der Waals surface area contributed by atoms with E-state index in [4.69, 9.17) is 0 Å². The van der Waals surface area contributed by atoms with Crippen LogP contribution in [0.4, 0.5) is 0 Å². The largest absolute Gasteiger partial charge is 1.00 e. The number of hydrogen-bond donors (Lipinski definition) is 0. The van der Waals surface area contributed by atoms with Gasteiger partial charge in [0.2, 0.25) is 0 Å². The van der Waals surface area contributed by atoms with E-state index in [1.165, 1.54) is 0 Å². The molecule has 0 aromatic rings. The molecule has 0 saturated heterocycles. The summed E-state index contributed by atoms with van der Waals surface area (Å²) in [5, 5.41) is 0.388. The first kappa shape index (κ1) is 17.3. The molecule has 7 heteroatoms. The predicted molar refractivity (Wildman–Crippen MR) is 48.9 cm³/mol. The average molecular weight is 242 g/mol. The van der Waals surface area contributed by atoms with Crippen LogP contribution in [-0.4, -0.2) is 18.9 Å². The Labute approximate surface area is 111 Å². The van der Waals surface area contributed by atoms with Crippen molar-refractivity contribution in [3.63, 3.8) is 0 Å². The third kappa shape index (κ3) is 8.83. The van der Waals surface area contributed by atoms with Gasteiger partial charge in [-0.1, -0.05) is 20.4 Å². The maximum absolute atomic E-state index is 10.7. The normalized spacial score (nSPS) is 11.9. The van der Waals surface area contributed by atoms with Crippen LogP contribution in [0.15, 0.2) is 23.8 Å². The molecule has 0 rings (SSSR count). The SMILES string of the molecule is C=CC(=O)OC(=CS(=O)(=O)[O-])C(C)C.[Na+]. The Balaban J connectivity index is 0. The molecule has 0 bridgehead atoms. The molecule has 0 fully saturated rings. The molecule has 0 aromatic carbocycles. The molecule has 0 amide bonds. The van der Waals surface area contributed by atoms with Gasteiger partial charge in [0.15, 0.2) is 0 Å². The van der Waals surface area contributed by atoms with Gasteiger partial charge in [-0.25, -0.2) is 13.2 Å². The summed E-state index contributed by atoms with van der Waals surface area (Å²) >= 11 is 0. The zero-order valence-corrected chi connectivity index (χ0v) is 11.7. The Kier molecular flexibility index (Phi) is 8.27. The number of carbonyl (C=O) groups excluding carboxylic acids is 1. The summed E-state index contributed by atoms with van der Waals surface area (Å²) in [5.41, 5.74) is 0. The first-order valence-electron chi connectivity index (χ1n) is 3.78. The van der Waals surface area contributed by atoms with Gasteiger partial charge in [-0.15, -0.1) is 0 Å². The van der Waals surface area contributed by atoms with Crippen LogP contribution in [0.1, 0.15) is 13.8 Å². The quantitative estimate of drug-likeness (QED) is 0.183. The van der Waals surface area contributed by atoms with E-state index in [0.717, 1.165) is 6.08 Å². The average Bonchev–Trinajstić information content (AvgIpc) is 2.00. The number of ether oxygens (including phenoxy) is 1. The molecule has 0 atom stereocenters. The second-order valence-electron chi connectivity index (χ2n) is 2.79. The van der Waals surface area contributed by atoms with E-state index < -0.39 is 16.1 Å². The van der Waals surface area contributed by atoms with Crippen molar-refractivity contribution < 1.29 is 52.1 Å². The molecule has 5 nitrogen and oxygen atoms in total. The van der Waals surface area contributed by atoms with Crippen LogP contribution >= 0.6 is 0 Å². The van der Waals surface area contributed by atoms with Crippen LogP contribution in [0.2, 0.25) is 0 Å². The zero-order chi connectivity index (χ0) is 11.4. The third-order valence-corrected chi connectivity index (χ3v) is 1.74. The van der Waals surface area contributed by atoms with Gasteiger partial charge in [-0.3, -0.25) is 0 Å². The summed E-state index contributed by atoms with van der Waals surface area (Å²) in [6, 6.07) is 0. The zero-order valence-electron chi connectivity index (χ0n) is 8.89. The summed E-state index contributed by atoms with van der Waals surface area (Å²) in [6.07, 6.45) is 0.883. The van der Waals surface area contributed by atoms with Gasteiger partial charge in [-0.05, 0) is 0 Å². The first-order chi connectivity index (χ1) is 6.26. The Hall–Kier alpha value is -0.140. The van der Waals surface area contributed by atoms with Crippen LogP contribution < -0.4 is 29.6 Å². The first-order valence-corrected chi connectivity index (χ1v) is 5.25. The van der Waals surface area contributed by atoms with E-state index in [1.54, 1.807) is 13.8 Å². The van der Waals surface area contributed by atoms with E-state index in [1.807, 2.05) is 0 Å². The molecular formula is C8H11NaO5S. The van der Waals surface area contributed by atoms with Crippen molar-refractivity contribution in [1.82, 2.24) is 0 Å². The monoisotopic (exact) mass is 242 g/mol. The number of allylic oxidation sites excluding steroid dienone is 1. The van der Waals surface area contributed by atoms with Gasteiger partial charge >= 0.3 is 35.5 Å². The fraction of sp³-hybridized carbons (Fsp3) is 0.375. The molecule has 0 N–H and O–H groups in total. The van der Waals surface area contributed by atoms with Gasteiger partial charge in [0.05, 0.1) is 5.41 Å². The minimum Gasteiger partial charge on any atom is -0.744 e. The van der Waals surface area contributed by atoms with Crippen LogP contribution in [0.5, 0.6) is 0 Å². The second-order valence-corrected chi connectivity index (χ2v) is 4.01. The minimum absolute atomic E-state index is 0. The van der Waals surface area contributed by atoms with Gasteiger partial charge in [-0.2, -0.15) is 0 Å². The van der Waals surface area contributed by atoms with E-state index in [-0.39, 0.29) is 41.2 Å². The summed E-state index contributed by atoms with van der Waals surface area (Å²) in [6.45, 7) is 6.32. The number of esters is 1. The Morgan fingerprint density at radius 1 is 1.47 bits per heavy atom. The van der Waals surface area contributed by atoms with Crippen molar-refractivity contribution >= 4 is 16.1 Å². The smallest absolute Gasteiger partial charge is 0.744 e. The Morgan fingerprint density at radius 3 is 2.20 bits per heavy atom. The molecule has 15 heavy (non-hydrogen) atoms. The molecule has 0 heterocycles. The van der Waals surface area contributed by atoms with Crippen LogP contribution in [0.3, 0.4) is 0 Å². The summed E-state index contributed by atoms with van der Waals surface area (Å²) in [4.78, 5) is 10.7. The molecule has 0 aliphatic heterocycles. The summed E-state index contributed by atoms with van der Waals surface area (Å²) in [7, 11) is -4.55. The summed E-state index contributed by atoms with van der Waals surface area (Å²) < 4.78 is 35.7. The number of hydrogen-bond acceptors (Lipinski definition) is 5. The van der Waals surface area contributed by atoms with Crippen molar-refractivity contribution in [2.75, 3.05) is 0 Å². The van der Waals surface area contributed by atoms with Crippen molar-refractivity contribution in [2.45, 2.75) is 13.8 Å². The van der Waals surface area contributed by atoms with Crippen LogP contribution in [-0.2, 0) is 19.6 Å². The van der Waals surface area contributed by atoms with E-state index in [2.05, 4.69) is 11.3 Å². The fourth-order valence-corrected chi connectivity index (χ4v) is 1.18. The predicted octanol–water partition coefficient (Wildman–Crippen LogP) is -2.24. The van der Waals surface area contributed by atoms with Gasteiger partial charge in [0, 0.05) is 12.0 Å². The third-order valence-electron chi connectivity index (χ3n) is 1.21. The molecule has 0 spiro atoms. The van der Waals surface area contributed by atoms with E-state index in [9.17, 15) is 17.8 Å². The minimum atomic E-state index is -4.55. The van der Waals surface area contributed by atoms with Gasteiger partial charge in [0.25, 0.3) is 0 Å². The molecule has 0 unspecified atom stereocenters. The molecule has 0 aromatic heterocycles. The second kappa shape index (κ2) is 7.19. The molecule has 0 radical (unpaired) electrons. The van der Waals surface area contributed by atoms with Gasteiger partial charge < -0.3 is 9.29 Å². The molecule has 0 saturated carbocycles. The number of rotatable bonds is 4. The molecule has 80 valence electrons. The standard InChI is InChI=1S/C8H12O5S.Na/c1-4-8(9)13-7(6(2)3)5-14(10,11)12;/h4-6H,1H2,2-3H3,(H,10,11,12);/q;+1/p-1. The fourth-order valence-electron chi connectivity index (χ4n) is 0.578. The Bertz CT molecular complexity index is 355. The maximum Gasteiger partial charge on any atom is 1.00 e. The van der Waals surface area contributed by atoms with Crippen LogP contribution in [0, 0.1) is 5.92 Å². The maximum atomic E-state index is 10.7. The summed E-state index contributed by atoms with van der Waals surface area (Å²) in [5.74, 6) is -1.36. The van der Waals surface area contributed by atoms with Crippen LogP contribution in [0.25, 0.3) is 0 Å². The van der Waals surface area contributed by atoms with E-state index >= 15 is 0 Å². The number of carbonyl (C=O) groups is 1. The van der Waals surface area contributed by atoms with Crippen molar-refractivity contribution in [3.8, 4) is 0 Å². The van der Waals surface area contributed by atoms with Gasteiger partial charge in [0.1, 0.15) is 15.9 Å². The van der Waals surface area contributed by atoms with Crippen molar-refractivity contribution in [1.29, 1.82) is 0 Å². The van der Waals surface area contributed by atoms with Crippen molar-refractivity contribution in [3.05, 3.63) is 23.8 Å². The molecule has 0 aliphatic carbocycles. The van der Waals surface area contributed by atoms with Crippen molar-refractivity contribution in [2.24, 2.45) is 5.92 Å². The molecule has 0 aliphatic rings. The molecular weight excluding hydrogens is 231 g/mol. The van der Waals surface area contributed by atoms with E-state index in [0.29, 0.717) is 5.41 Å². The Morgan fingerprint density at radius 2 is 1.93 bits per heavy atom.